The number of carboxylic acid groups (broad SMARTS) is 1. The van der Waals surface area contributed by atoms with Gasteiger partial charge in [0.25, 0.3) is 0 Å². The van der Waals surface area contributed by atoms with E-state index in [0.29, 0.717) is 0 Å². The fraction of sp³-hybridized carbons (Fsp3) is 0.727. The predicted molar refractivity (Wildman–Crippen MR) is 56.1 cm³/mol. The molecule has 0 aromatic heterocycles. The van der Waals surface area contributed by atoms with Crippen molar-refractivity contribution in [1.29, 1.82) is 0 Å². The molecule has 0 spiro atoms. The predicted octanol–water partition coefficient (Wildman–Crippen LogP) is 2.20. The summed E-state index contributed by atoms with van der Waals surface area (Å²) >= 11 is 0. The summed E-state index contributed by atoms with van der Waals surface area (Å²) in [5.74, 6) is -0.961. The van der Waals surface area contributed by atoms with Gasteiger partial charge in [-0.15, -0.1) is 0 Å². The Morgan fingerprint density at radius 2 is 2.00 bits per heavy atom. The maximum Gasteiger partial charge on any atom is 0.306 e. The van der Waals surface area contributed by atoms with Gasteiger partial charge in [0.2, 0.25) is 0 Å². The van der Waals surface area contributed by atoms with Crippen LogP contribution in [0.3, 0.4) is 0 Å². The van der Waals surface area contributed by atoms with E-state index in [1.165, 1.54) is 0 Å². The smallest absolute Gasteiger partial charge is 0.306 e. The second-order valence-electron chi connectivity index (χ2n) is 4.00. The number of hydrogen-bond donors (Lipinski definition) is 2. The van der Waals surface area contributed by atoms with Crippen LogP contribution in [0, 0.1) is 5.41 Å². The number of aliphatic carboxylic acids is 1. The molecule has 0 aliphatic heterocycles. The molecule has 0 saturated carbocycles. The topological polar surface area (TPSA) is 57.5 Å². The highest BCUT2D eigenvalue weighted by atomic mass is 16.4. The molecular formula is C11H20O3. The van der Waals surface area contributed by atoms with Gasteiger partial charge in [-0.1, -0.05) is 32.4 Å². The Balaban J connectivity index is 4.66. The molecule has 14 heavy (non-hydrogen) atoms. The first kappa shape index (κ1) is 13.2. The van der Waals surface area contributed by atoms with E-state index in [9.17, 15) is 9.90 Å². The summed E-state index contributed by atoms with van der Waals surface area (Å²) in [4.78, 5) is 10.5. The molecule has 0 aliphatic carbocycles. The summed E-state index contributed by atoms with van der Waals surface area (Å²) in [6.07, 6.45) is 1.75. The SMILES string of the molecule is CC=C(CC)C(C)(C)C(O)CC(=O)O. The molecule has 1 atom stereocenters. The molecule has 2 N–H and O–H groups in total. The first-order valence-corrected chi connectivity index (χ1v) is 4.91. The van der Waals surface area contributed by atoms with Crippen LogP contribution in [-0.2, 0) is 4.79 Å². The fourth-order valence-corrected chi connectivity index (χ4v) is 1.67. The summed E-state index contributed by atoms with van der Waals surface area (Å²) in [5, 5.41) is 18.4. The third-order valence-corrected chi connectivity index (χ3v) is 2.76. The minimum atomic E-state index is -0.961. The Kier molecular flexibility index (Phi) is 4.85. The van der Waals surface area contributed by atoms with Gasteiger partial charge in [0.15, 0.2) is 0 Å². The van der Waals surface area contributed by atoms with Gasteiger partial charge in [0.1, 0.15) is 0 Å². The first-order valence-electron chi connectivity index (χ1n) is 4.91. The summed E-state index contributed by atoms with van der Waals surface area (Å²) in [5.41, 5.74) is 0.633. The monoisotopic (exact) mass is 200 g/mol. The van der Waals surface area contributed by atoms with Crippen molar-refractivity contribution in [3.05, 3.63) is 11.6 Å². The van der Waals surface area contributed by atoms with Crippen LogP contribution >= 0.6 is 0 Å². The minimum Gasteiger partial charge on any atom is -0.481 e. The first-order chi connectivity index (χ1) is 6.36. The molecule has 0 aromatic carbocycles. The molecule has 0 rings (SSSR count). The number of aliphatic hydroxyl groups is 1. The van der Waals surface area contributed by atoms with Crippen molar-refractivity contribution in [2.75, 3.05) is 0 Å². The van der Waals surface area contributed by atoms with Crippen LogP contribution in [0.2, 0.25) is 0 Å². The van der Waals surface area contributed by atoms with Crippen molar-refractivity contribution in [1.82, 2.24) is 0 Å². The lowest BCUT2D eigenvalue weighted by atomic mass is 9.76. The van der Waals surface area contributed by atoms with Crippen molar-refractivity contribution in [2.45, 2.75) is 46.6 Å². The van der Waals surface area contributed by atoms with Crippen molar-refractivity contribution in [2.24, 2.45) is 5.41 Å². The highest BCUT2D eigenvalue weighted by molar-refractivity contribution is 5.67. The average Bonchev–Trinajstić information content (AvgIpc) is 2.04. The van der Waals surface area contributed by atoms with Crippen LogP contribution in [0.15, 0.2) is 11.6 Å². The molecule has 0 radical (unpaired) electrons. The Bertz CT molecular complexity index is 229. The van der Waals surface area contributed by atoms with Crippen LogP contribution in [0.5, 0.6) is 0 Å². The highest BCUT2D eigenvalue weighted by Crippen LogP contribution is 2.33. The Hall–Kier alpha value is -0.830. The van der Waals surface area contributed by atoms with E-state index in [1.807, 2.05) is 33.8 Å². The van der Waals surface area contributed by atoms with Crippen LogP contribution in [0.25, 0.3) is 0 Å². The third kappa shape index (κ3) is 3.14. The Morgan fingerprint density at radius 1 is 1.50 bits per heavy atom. The molecule has 0 aliphatic rings. The van der Waals surface area contributed by atoms with Crippen LogP contribution < -0.4 is 0 Å². The lowest BCUT2D eigenvalue weighted by Gasteiger charge is -2.32. The molecule has 82 valence electrons. The molecular weight excluding hydrogens is 180 g/mol. The standard InChI is InChI=1S/C11H20O3/c1-5-8(6-2)11(3,4)9(12)7-10(13)14/h5,9,12H,6-7H2,1-4H3,(H,13,14). The fourth-order valence-electron chi connectivity index (χ4n) is 1.67. The van der Waals surface area contributed by atoms with Gasteiger partial charge in [-0.05, 0) is 13.3 Å². The third-order valence-electron chi connectivity index (χ3n) is 2.76. The maximum atomic E-state index is 10.5. The highest BCUT2D eigenvalue weighted by Gasteiger charge is 2.31. The molecule has 3 heteroatoms. The van der Waals surface area contributed by atoms with Crippen LogP contribution in [-0.4, -0.2) is 22.3 Å². The van der Waals surface area contributed by atoms with E-state index in [-0.39, 0.29) is 6.42 Å². The number of aliphatic hydroxyl groups excluding tert-OH is 1. The summed E-state index contributed by atoms with van der Waals surface area (Å²) in [7, 11) is 0. The van der Waals surface area contributed by atoms with E-state index in [2.05, 4.69) is 0 Å². The van der Waals surface area contributed by atoms with Crippen molar-refractivity contribution >= 4 is 5.97 Å². The van der Waals surface area contributed by atoms with Gasteiger partial charge in [0, 0.05) is 5.41 Å². The largest absolute Gasteiger partial charge is 0.481 e. The zero-order valence-corrected chi connectivity index (χ0v) is 9.37. The van der Waals surface area contributed by atoms with E-state index >= 15 is 0 Å². The van der Waals surface area contributed by atoms with Crippen molar-refractivity contribution in [3.63, 3.8) is 0 Å². The molecule has 0 heterocycles. The number of allylic oxidation sites excluding steroid dienone is 1. The molecule has 1 unspecified atom stereocenters. The molecule has 0 amide bonds. The van der Waals surface area contributed by atoms with E-state index in [0.717, 1.165) is 12.0 Å². The number of carbonyl (C=O) groups is 1. The number of carboxylic acids is 1. The normalized spacial score (nSPS) is 15.4. The summed E-state index contributed by atoms with van der Waals surface area (Å²) < 4.78 is 0. The molecule has 3 nitrogen and oxygen atoms in total. The minimum absolute atomic E-state index is 0.204. The van der Waals surface area contributed by atoms with E-state index in [1.54, 1.807) is 0 Å². The summed E-state index contributed by atoms with van der Waals surface area (Å²) in [6.45, 7) is 7.66. The second kappa shape index (κ2) is 5.15. The lowest BCUT2D eigenvalue weighted by Crippen LogP contribution is -2.33. The zero-order valence-electron chi connectivity index (χ0n) is 9.37. The quantitative estimate of drug-likeness (QED) is 0.669. The molecule has 0 bridgehead atoms. The zero-order chi connectivity index (χ0) is 11.4. The van der Waals surface area contributed by atoms with E-state index < -0.39 is 17.5 Å². The molecule has 0 saturated heterocycles. The van der Waals surface area contributed by atoms with E-state index in [4.69, 9.17) is 5.11 Å². The maximum absolute atomic E-state index is 10.5. The lowest BCUT2D eigenvalue weighted by molar-refractivity contribution is -0.140. The Labute approximate surface area is 85.4 Å². The van der Waals surface area contributed by atoms with Gasteiger partial charge in [-0.3, -0.25) is 4.79 Å². The molecule has 0 fully saturated rings. The van der Waals surface area contributed by atoms with Crippen LogP contribution in [0.1, 0.15) is 40.5 Å². The second-order valence-corrected chi connectivity index (χ2v) is 4.00. The van der Waals surface area contributed by atoms with Gasteiger partial charge in [-0.2, -0.15) is 0 Å². The van der Waals surface area contributed by atoms with Gasteiger partial charge >= 0.3 is 5.97 Å². The van der Waals surface area contributed by atoms with Crippen molar-refractivity contribution < 1.29 is 15.0 Å². The summed E-state index contributed by atoms with van der Waals surface area (Å²) in [6, 6.07) is 0. The van der Waals surface area contributed by atoms with Gasteiger partial charge in [-0.25, -0.2) is 0 Å². The average molecular weight is 200 g/mol. The Morgan fingerprint density at radius 3 is 2.29 bits per heavy atom. The van der Waals surface area contributed by atoms with Gasteiger partial charge < -0.3 is 10.2 Å². The van der Waals surface area contributed by atoms with Crippen LogP contribution in [0.4, 0.5) is 0 Å². The number of hydrogen-bond acceptors (Lipinski definition) is 2. The number of rotatable bonds is 5. The molecule has 0 aromatic rings. The van der Waals surface area contributed by atoms with Gasteiger partial charge in [0.05, 0.1) is 12.5 Å². The van der Waals surface area contributed by atoms with Crippen molar-refractivity contribution in [3.8, 4) is 0 Å².